The maximum Gasteiger partial charge on any atom is 0.303 e. The lowest BCUT2D eigenvalue weighted by atomic mass is 10.00. The Kier molecular flexibility index (Phi) is 4.21. The number of carboxylic acid groups (broad SMARTS) is 1. The molecule has 0 spiro atoms. The molecule has 1 aromatic carbocycles. The summed E-state index contributed by atoms with van der Waals surface area (Å²) in [6.07, 6.45) is 0.536. The van der Waals surface area contributed by atoms with Gasteiger partial charge in [-0.05, 0) is 17.9 Å². The van der Waals surface area contributed by atoms with Crippen LogP contribution in [0.2, 0.25) is 0 Å². The molecule has 0 aliphatic carbocycles. The number of aliphatic carboxylic acids is 1. The number of benzene rings is 1. The van der Waals surface area contributed by atoms with Gasteiger partial charge >= 0.3 is 5.97 Å². The second-order valence-corrected chi connectivity index (χ2v) is 6.92. The molecule has 0 aromatic heterocycles. The summed E-state index contributed by atoms with van der Waals surface area (Å²) in [6.45, 7) is 0.673. The maximum absolute atomic E-state index is 12.0. The van der Waals surface area contributed by atoms with Gasteiger partial charge < -0.3 is 5.11 Å². The fourth-order valence-corrected chi connectivity index (χ4v) is 3.77. The Morgan fingerprint density at radius 1 is 1.26 bits per heavy atom. The molecule has 1 aromatic rings. The van der Waals surface area contributed by atoms with Crippen molar-refractivity contribution < 1.29 is 18.3 Å². The first-order valence-electron chi connectivity index (χ1n) is 6.21. The number of hydrogen-bond acceptors (Lipinski definition) is 3. The summed E-state index contributed by atoms with van der Waals surface area (Å²) in [4.78, 5) is 10.5. The molecule has 0 radical (unpaired) electrons. The second-order valence-electron chi connectivity index (χ2n) is 4.83. The fraction of sp³-hybridized carbons (Fsp3) is 0.462. The lowest BCUT2D eigenvalue weighted by molar-refractivity contribution is -0.139. The average Bonchev–Trinajstić information content (AvgIpc) is 2.32. The molecule has 0 unspecified atom stereocenters. The van der Waals surface area contributed by atoms with Crippen LogP contribution in [-0.4, -0.2) is 42.6 Å². The molecule has 6 heteroatoms. The molecular weight excluding hydrogens is 266 g/mol. The number of sulfonamides is 1. The standard InChI is InChI=1S/C13H17NO4S/c15-13(16)8-12-9-14(10-12)19(17,18)7-6-11-4-2-1-3-5-11/h1-5,12H,6-10H2,(H,15,16). The van der Waals surface area contributed by atoms with Gasteiger partial charge in [-0.15, -0.1) is 0 Å². The molecule has 104 valence electrons. The van der Waals surface area contributed by atoms with E-state index in [1.54, 1.807) is 0 Å². The van der Waals surface area contributed by atoms with E-state index in [4.69, 9.17) is 5.11 Å². The molecule has 0 bridgehead atoms. The minimum absolute atomic E-state index is 0.0380. The normalized spacial score (nSPS) is 17.1. The third kappa shape index (κ3) is 3.78. The molecule has 1 N–H and O–H groups in total. The van der Waals surface area contributed by atoms with Gasteiger partial charge in [0.25, 0.3) is 0 Å². The van der Waals surface area contributed by atoms with Gasteiger partial charge in [0.2, 0.25) is 10.0 Å². The quantitative estimate of drug-likeness (QED) is 0.844. The summed E-state index contributed by atoms with van der Waals surface area (Å²) in [5.74, 6) is -0.827. The number of nitrogens with zero attached hydrogens (tertiary/aromatic N) is 1. The number of carboxylic acids is 1. The van der Waals surface area contributed by atoms with E-state index in [0.29, 0.717) is 19.5 Å². The van der Waals surface area contributed by atoms with Crippen LogP contribution < -0.4 is 0 Å². The van der Waals surface area contributed by atoms with Gasteiger partial charge in [0.1, 0.15) is 0 Å². The van der Waals surface area contributed by atoms with Crippen LogP contribution in [0, 0.1) is 5.92 Å². The lowest BCUT2D eigenvalue weighted by Gasteiger charge is -2.37. The molecule has 1 heterocycles. The first-order valence-corrected chi connectivity index (χ1v) is 7.82. The molecule has 1 fully saturated rings. The molecule has 19 heavy (non-hydrogen) atoms. The van der Waals surface area contributed by atoms with E-state index in [-0.39, 0.29) is 18.1 Å². The summed E-state index contributed by atoms with van der Waals surface area (Å²) >= 11 is 0. The zero-order chi connectivity index (χ0) is 13.9. The van der Waals surface area contributed by atoms with Crippen molar-refractivity contribution in [3.63, 3.8) is 0 Å². The topological polar surface area (TPSA) is 74.7 Å². The van der Waals surface area contributed by atoms with Crippen LogP contribution in [0.3, 0.4) is 0 Å². The van der Waals surface area contributed by atoms with E-state index in [2.05, 4.69) is 0 Å². The third-order valence-corrected chi connectivity index (χ3v) is 5.08. The Hall–Kier alpha value is -1.40. The Morgan fingerprint density at radius 2 is 1.89 bits per heavy atom. The molecular formula is C13H17NO4S. The largest absolute Gasteiger partial charge is 0.481 e. The van der Waals surface area contributed by atoms with Crippen LogP contribution in [0.25, 0.3) is 0 Å². The SMILES string of the molecule is O=C(O)CC1CN(S(=O)(=O)CCc2ccccc2)C1. The van der Waals surface area contributed by atoms with E-state index in [1.165, 1.54) is 4.31 Å². The highest BCUT2D eigenvalue weighted by atomic mass is 32.2. The van der Waals surface area contributed by atoms with E-state index in [1.807, 2.05) is 30.3 Å². The Labute approximate surface area is 112 Å². The predicted octanol–water partition coefficient (Wildman–Crippen LogP) is 0.965. The minimum atomic E-state index is -3.25. The minimum Gasteiger partial charge on any atom is -0.481 e. The van der Waals surface area contributed by atoms with Gasteiger partial charge in [-0.3, -0.25) is 4.79 Å². The summed E-state index contributed by atoms with van der Waals surface area (Å²) in [5.41, 5.74) is 0.994. The van der Waals surface area contributed by atoms with Gasteiger partial charge in [0.05, 0.1) is 12.2 Å². The molecule has 1 aliphatic heterocycles. The molecule has 1 saturated heterocycles. The average molecular weight is 283 g/mol. The molecule has 0 amide bonds. The number of hydrogen-bond donors (Lipinski definition) is 1. The second kappa shape index (κ2) is 5.71. The smallest absolute Gasteiger partial charge is 0.303 e. The highest BCUT2D eigenvalue weighted by Crippen LogP contribution is 2.23. The van der Waals surface area contributed by atoms with Crippen molar-refractivity contribution in [2.75, 3.05) is 18.8 Å². The van der Waals surface area contributed by atoms with E-state index >= 15 is 0 Å². The highest BCUT2D eigenvalue weighted by molar-refractivity contribution is 7.89. The van der Waals surface area contributed by atoms with Crippen molar-refractivity contribution in [3.8, 4) is 0 Å². The summed E-state index contributed by atoms with van der Waals surface area (Å²) in [6, 6.07) is 9.46. The van der Waals surface area contributed by atoms with Gasteiger partial charge in [-0.25, -0.2) is 12.7 Å². The maximum atomic E-state index is 12.0. The zero-order valence-electron chi connectivity index (χ0n) is 10.5. The molecule has 5 nitrogen and oxygen atoms in total. The van der Waals surface area contributed by atoms with Crippen molar-refractivity contribution in [3.05, 3.63) is 35.9 Å². The molecule has 1 aliphatic rings. The lowest BCUT2D eigenvalue weighted by Crippen LogP contribution is -2.51. The van der Waals surface area contributed by atoms with Crippen molar-refractivity contribution in [2.24, 2.45) is 5.92 Å². The van der Waals surface area contributed by atoms with Gasteiger partial charge in [-0.1, -0.05) is 30.3 Å². The van der Waals surface area contributed by atoms with Gasteiger partial charge in [0, 0.05) is 13.1 Å². The summed E-state index contributed by atoms with van der Waals surface area (Å²) < 4.78 is 25.4. The number of carbonyl (C=O) groups is 1. The van der Waals surface area contributed by atoms with Crippen molar-refractivity contribution in [1.29, 1.82) is 0 Å². The zero-order valence-corrected chi connectivity index (χ0v) is 11.3. The van der Waals surface area contributed by atoms with Gasteiger partial charge in [-0.2, -0.15) is 0 Å². The first kappa shape index (κ1) is 14.0. The summed E-state index contributed by atoms with van der Waals surface area (Å²) in [7, 11) is -3.25. The first-order chi connectivity index (χ1) is 8.97. The van der Waals surface area contributed by atoms with Crippen molar-refractivity contribution in [2.45, 2.75) is 12.8 Å². The Morgan fingerprint density at radius 3 is 2.47 bits per heavy atom. The molecule has 2 rings (SSSR count). The van der Waals surface area contributed by atoms with Crippen LogP contribution in [0.5, 0.6) is 0 Å². The third-order valence-electron chi connectivity index (χ3n) is 3.27. The fourth-order valence-electron chi connectivity index (χ4n) is 2.15. The van der Waals surface area contributed by atoms with Crippen LogP contribution in [0.1, 0.15) is 12.0 Å². The molecule has 0 saturated carbocycles. The highest BCUT2D eigenvalue weighted by Gasteiger charge is 2.36. The monoisotopic (exact) mass is 283 g/mol. The molecule has 0 atom stereocenters. The van der Waals surface area contributed by atoms with Crippen molar-refractivity contribution >= 4 is 16.0 Å². The number of rotatable bonds is 6. The van der Waals surface area contributed by atoms with Crippen LogP contribution in [0.15, 0.2) is 30.3 Å². The Balaban J connectivity index is 1.82. The predicted molar refractivity (Wildman–Crippen MR) is 71.2 cm³/mol. The van der Waals surface area contributed by atoms with E-state index < -0.39 is 16.0 Å². The van der Waals surface area contributed by atoms with Crippen LogP contribution in [0.4, 0.5) is 0 Å². The van der Waals surface area contributed by atoms with Crippen LogP contribution in [-0.2, 0) is 21.2 Å². The van der Waals surface area contributed by atoms with E-state index in [0.717, 1.165) is 5.56 Å². The summed E-state index contributed by atoms with van der Waals surface area (Å²) in [5, 5.41) is 8.62. The van der Waals surface area contributed by atoms with E-state index in [9.17, 15) is 13.2 Å². The Bertz CT molecular complexity index is 535. The van der Waals surface area contributed by atoms with Gasteiger partial charge in [0.15, 0.2) is 0 Å². The number of aryl methyl sites for hydroxylation is 1. The van der Waals surface area contributed by atoms with Crippen LogP contribution >= 0.6 is 0 Å². The van der Waals surface area contributed by atoms with Crippen molar-refractivity contribution in [1.82, 2.24) is 4.31 Å².